The van der Waals surface area contributed by atoms with Gasteiger partial charge >= 0.3 is 0 Å². The largest absolute Gasteiger partial charge is 0.507 e. The number of nitrogens with zero attached hydrogens (tertiary/aromatic N) is 1. The average Bonchev–Trinajstić information content (AvgIpc) is 3.08. The standard InChI is InChI=1S/C25H29NO7/c1-15-13-16(31-3)7-9-18(15)23(27)21-22(19-10-8-17(32-4)14-20(19)33-5)26(11-6-12-30-2)25(29)24(21)28/h7-10,13-14,22,27H,6,11-12H2,1-5H3/t22-/m1/s1. The van der Waals surface area contributed by atoms with Crippen molar-refractivity contribution in [2.75, 3.05) is 41.6 Å². The summed E-state index contributed by atoms with van der Waals surface area (Å²) in [7, 11) is 6.17. The molecule has 8 nitrogen and oxygen atoms in total. The third kappa shape index (κ3) is 4.66. The van der Waals surface area contributed by atoms with Crippen LogP contribution in [0.25, 0.3) is 5.76 Å². The minimum Gasteiger partial charge on any atom is -0.507 e. The maximum atomic E-state index is 13.2. The van der Waals surface area contributed by atoms with Crippen LogP contribution in [0.5, 0.6) is 17.2 Å². The van der Waals surface area contributed by atoms with Crippen molar-refractivity contribution in [1.29, 1.82) is 0 Å². The summed E-state index contributed by atoms with van der Waals surface area (Å²) in [5, 5.41) is 11.3. The third-order valence-electron chi connectivity index (χ3n) is 5.71. The van der Waals surface area contributed by atoms with Gasteiger partial charge < -0.3 is 29.0 Å². The van der Waals surface area contributed by atoms with Crippen LogP contribution in [0.1, 0.15) is 29.2 Å². The van der Waals surface area contributed by atoms with E-state index < -0.39 is 17.7 Å². The predicted molar refractivity (Wildman–Crippen MR) is 123 cm³/mol. The third-order valence-corrected chi connectivity index (χ3v) is 5.71. The van der Waals surface area contributed by atoms with Gasteiger partial charge in [-0.2, -0.15) is 0 Å². The van der Waals surface area contributed by atoms with E-state index in [1.807, 2.05) is 0 Å². The molecule has 1 saturated heterocycles. The Bertz CT molecular complexity index is 1080. The Labute approximate surface area is 193 Å². The molecule has 0 radical (unpaired) electrons. The van der Waals surface area contributed by atoms with Gasteiger partial charge in [0.25, 0.3) is 11.7 Å². The molecule has 1 atom stereocenters. The number of ketones is 1. The molecule has 3 rings (SSSR count). The van der Waals surface area contributed by atoms with E-state index in [9.17, 15) is 14.7 Å². The predicted octanol–water partition coefficient (Wildman–Crippen LogP) is 3.48. The van der Waals surface area contributed by atoms with E-state index in [2.05, 4.69) is 0 Å². The SMILES string of the molecule is COCCCN1C(=O)C(=O)C(=C(O)c2ccc(OC)cc2C)[C@H]1c1ccc(OC)cc1OC. The number of aliphatic hydroxyl groups excluding tert-OH is 1. The maximum Gasteiger partial charge on any atom is 0.295 e. The highest BCUT2D eigenvalue weighted by molar-refractivity contribution is 6.46. The lowest BCUT2D eigenvalue weighted by Crippen LogP contribution is -2.31. The molecular formula is C25H29NO7. The van der Waals surface area contributed by atoms with Crippen LogP contribution >= 0.6 is 0 Å². The first-order valence-corrected chi connectivity index (χ1v) is 10.5. The first kappa shape index (κ1) is 24.1. The molecule has 0 bridgehead atoms. The molecular weight excluding hydrogens is 426 g/mol. The lowest BCUT2D eigenvalue weighted by Gasteiger charge is -2.27. The van der Waals surface area contributed by atoms with Crippen LogP contribution in [0.2, 0.25) is 0 Å². The van der Waals surface area contributed by atoms with Crippen LogP contribution in [0.4, 0.5) is 0 Å². The monoisotopic (exact) mass is 455 g/mol. The number of aliphatic hydroxyl groups is 1. The van der Waals surface area contributed by atoms with Gasteiger partial charge in [-0.25, -0.2) is 0 Å². The summed E-state index contributed by atoms with van der Waals surface area (Å²) in [4.78, 5) is 27.7. The van der Waals surface area contributed by atoms with Crippen LogP contribution in [0.15, 0.2) is 42.0 Å². The van der Waals surface area contributed by atoms with Crippen molar-refractivity contribution < 1.29 is 33.6 Å². The summed E-state index contributed by atoms with van der Waals surface area (Å²) in [6.07, 6.45) is 0.528. The van der Waals surface area contributed by atoms with E-state index in [-0.39, 0.29) is 17.9 Å². The van der Waals surface area contributed by atoms with Crippen LogP contribution in [-0.2, 0) is 14.3 Å². The number of hydrogen-bond donors (Lipinski definition) is 1. The van der Waals surface area contributed by atoms with E-state index in [4.69, 9.17) is 18.9 Å². The number of amides is 1. The normalized spacial score (nSPS) is 17.4. The fourth-order valence-electron chi connectivity index (χ4n) is 4.03. The number of methoxy groups -OCH3 is 4. The van der Waals surface area contributed by atoms with E-state index in [1.165, 1.54) is 19.1 Å². The molecule has 1 heterocycles. The lowest BCUT2D eigenvalue weighted by atomic mass is 9.93. The van der Waals surface area contributed by atoms with Gasteiger partial charge in [-0.05, 0) is 49.2 Å². The second-order valence-corrected chi connectivity index (χ2v) is 7.63. The molecule has 8 heteroatoms. The van der Waals surface area contributed by atoms with E-state index in [1.54, 1.807) is 57.5 Å². The number of rotatable bonds is 9. The Kier molecular flexibility index (Phi) is 7.60. The minimum atomic E-state index is -0.829. The molecule has 33 heavy (non-hydrogen) atoms. The van der Waals surface area contributed by atoms with Gasteiger partial charge in [0.2, 0.25) is 0 Å². The molecule has 176 valence electrons. The van der Waals surface area contributed by atoms with Crippen LogP contribution in [-0.4, -0.2) is 63.3 Å². The zero-order valence-electron chi connectivity index (χ0n) is 19.5. The number of aryl methyl sites for hydroxylation is 1. The number of likely N-dealkylation sites (tertiary alicyclic amines) is 1. The maximum absolute atomic E-state index is 13.2. The Hall–Kier alpha value is -3.52. The van der Waals surface area contributed by atoms with Gasteiger partial charge in [0.1, 0.15) is 23.0 Å². The molecule has 1 aliphatic heterocycles. The number of benzene rings is 2. The molecule has 1 aliphatic rings. The highest BCUT2D eigenvalue weighted by Crippen LogP contribution is 2.44. The highest BCUT2D eigenvalue weighted by Gasteiger charge is 2.47. The van der Waals surface area contributed by atoms with Crippen molar-refractivity contribution in [2.24, 2.45) is 0 Å². The zero-order valence-corrected chi connectivity index (χ0v) is 19.5. The summed E-state index contributed by atoms with van der Waals surface area (Å²) < 4.78 is 21.2. The smallest absolute Gasteiger partial charge is 0.295 e. The van der Waals surface area contributed by atoms with Crippen molar-refractivity contribution in [1.82, 2.24) is 4.90 Å². The first-order chi connectivity index (χ1) is 15.9. The van der Waals surface area contributed by atoms with Crippen molar-refractivity contribution in [3.05, 3.63) is 58.7 Å². The van der Waals surface area contributed by atoms with Crippen LogP contribution < -0.4 is 14.2 Å². The number of ether oxygens (including phenoxy) is 4. The summed E-state index contributed by atoms with van der Waals surface area (Å²) in [5.41, 5.74) is 1.73. The fourth-order valence-corrected chi connectivity index (χ4v) is 4.03. The molecule has 0 aromatic heterocycles. The Morgan fingerprint density at radius 1 is 0.970 bits per heavy atom. The Morgan fingerprint density at radius 3 is 2.24 bits per heavy atom. The second-order valence-electron chi connectivity index (χ2n) is 7.63. The summed E-state index contributed by atoms with van der Waals surface area (Å²) >= 11 is 0. The number of hydrogen-bond acceptors (Lipinski definition) is 7. The molecule has 0 unspecified atom stereocenters. The van der Waals surface area contributed by atoms with Gasteiger partial charge in [-0.3, -0.25) is 9.59 Å². The van der Waals surface area contributed by atoms with E-state index in [0.29, 0.717) is 47.0 Å². The number of carbonyl (C=O) groups is 2. The van der Waals surface area contributed by atoms with E-state index in [0.717, 1.165) is 0 Å². The number of Topliss-reactive ketones (excluding diaryl/α,β-unsaturated/α-hetero) is 1. The van der Waals surface area contributed by atoms with Crippen LogP contribution in [0, 0.1) is 6.92 Å². The van der Waals surface area contributed by atoms with Gasteiger partial charge in [0.15, 0.2) is 0 Å². The average molecular weight is 456 g/mol. The molecule has 0 aliphatic carbocycles. The fraction of sp³-hybridized carbons (Fsp3) is 0.360. The topological polar surface area (TPSA) is 94.5 Å². The lowest BCUT2D eigenvalue weighted by molar-refractivity contribution is -0.140. The Balaban J connectivity index is 2.21. The molecule has 0 spiro atoms. The van der Waals surface area contributed by atoms with Crippen molar-refractivity contribution in [2.45, 2.75) is 19.4 Å². The van der Waals surface area contributed by atoms with E-state index >= 15 is 0 Å². The molecule has 1 fully saturated rings. The zero-order chi connectivity index (χ0) is 24.1. The highest BCUT2D eigenvalue weighted by atomic mass is 16.5. The minimum absolute atomic E-state index is 0.00847. The Morgan fingerprint density at radius 2 is 1.64 bits per heavy atom. The molecule has 2 aromatic carbocycles. The summed E-state index contributed by atoms with van der Waals surface area (Å²) in [5.74, 6) is -0.0407. The number of carbonyl (C=O) groups excluding carboxylic acids is 2. The van der Waals surface area contributed by atoms with Crippen molar-refractivity contribution in [3.63, 3.8) is 0 Å². The molecule has 0 saturated carbocycles. The van der Waals surface area contributed by atoms with Gasteiger partial charge in [0.05, 0.1) is 32.9 Å². The quantitative estimate of drug-likeness (QED) is 0.268. The summed E-state index contributed by atoms with van der Waals surface area (Å²) in [6.45, 7) is 2.50. The summed E-state index contributed by atoms with van der Waals surface area (Å²) in [6, 6.07) is 9.45. The van der Waals surface area contributed by atoms with Gasteiger partial charge in [-0.1, -0.05) is 0 Å². The second kappa shape index (κ2) is 10.4. The molecule has 2 aromatic rings. The van der Waals surface area contributed by atoms with Gasteiger partial charge in [0, 0.05) is 37.5 Å². The van der Waals surface area contributed by atoms with Crippen LogP contribution in [0.3, 0.4) is 0 Å². The van der Waals surface area contributed by atoms with Gasteiger partial charge in [-0.15, -0.1) is 0 Å². The molecule has 1 N–H and O–H groups in total. The van der Waals surface area contributed by atoms with Crippen molar-refractivity contribution in [3.8, 4) is 17.2 Å². The first-order valence-electron chi connectivity index (χ1n) is 10.5. The molecule has 1 amide bonds. The van der Waals surface area contributed by atoms with Crippen molar-refractivity contribution >= 4 is 17.4 Å².